The van der Waals surface area contributed by atoms with E-state index in [9.17, 15) is 8.78 Å². The molecule has 3 heterocycles. The van der Waals surface area contributed by atoms with Crippen molar-refractivity contribution in [1.29, 1.82) is 5.41 Å². The predicted molar refractivity (Wildman–Crippen MR) is 118 cm³/mol. The van der Waals surface area contributed by atoms with Crippen LogP contribution < -0.4 is 9.62 Å². The van der Waals surface area contributed by atoms with Crippen molar-refractivity contribution in [2.45, 2.75) is 45.2 Å². The monoisotopic (exact) mass is 435 g/mol. The molecule has 7 nitrogen and oxygen atoms in total. The van der Waals surface area contributed by atoms with Gasteiger partial charge in [0.1, 0.15) is 18.0 Å². The summed E-state index contributed by atoms with van der Waals surface area (Å²) in [5, 5.41) is 7.19. The molecule has 1 saturated heterocycles. The first-order valence-corrected chi connectivity index (χ1v) is 11.1. The highest BCUT2D eigenvalue weighted by molar-refractivity contribution is 7.96. The summed E-state index contributed by atoms with van der Waals surface area (Å²) in [5.41, 5.74) is 0.593. The molecular formula is C20H27F2N7S. The fourth-order valence-electron chi connectivity index (χ4n) is 3.79. The highest BCUT2D eigenvalue weighted by Gasteiger charge is 2.33. The first-order chi connectivity index (χ1) is 14.4. The van der Waals surface area contributed by atoms with E-state index in [1.807, 2.05) is 12.3 Å². The van der Waals surface area contributed by atoms with Crippen LogP contribution in [0.15, 0.2) is 24.7 Å². The lowest BCUT2D eigenvalue weighted by Gasteiger charge is -2.44. The first-order valence-electron chi connectivity index (χ1n) is 9.87. The van der Waals surface area contributed by atoms with Gasteiger partial charge in [0.2, 0.25) is 0 Å². The Balaban J connectivity index is 1.80. The summed E-state index contributed by atoms with van der Waals surface area (Å²) in [4.78, 5) is 18.4. The van der Waals surface area contributed by atoms with E-state index in [0.29, 0.717) is 35.2 Å². The first kappa shape index (κ1) is 22.4. The number of aromatic amines is 1. The Hall–Kier alpha value is -2.33. The average molecular weight is 436 g/mol. The SMILES string of the molecule is CSNCC1CCC(C)N(c2cc(-c3cnc(/C=C\C(=N)C(F)F)[nH]3)ncn2)C1C. The number of anilines is 1. The van der Waals surface area contributed by atoms with Gasteiger partial charge < -0.3 is 9.88 Å². The molecule has 1 fully saturated rings. The number of piperidine rings is 1. The molecule has 0 saturated carbocycles. The second-order valence-corrected chi connectivity index (χ2v) is 8.12. The van der Waals surface area contributed by atoms with Gasteiger partial charge in [0.15, 0.2) is 0 Å². The fraction of sp³-hybridized carbons (Fsp3) is 0.500. The van der Waals surface area contributed by atoms with Gasteiger partial charge in [-0.1, -0.05) is 11.9 Å². The number of aromatic nitrogens is 4. The van der Waals surface area contributed by atoms with Crippen molar-refractivity contribution >= 4 is 29.6 Å². The molecular weight excluding hydrogens is 408 g/mol. The lowest BCUT2D eigenvalue weighted by atomic mass is 9.86. The summed E-state index contributed by atoms with van der Waals surface area (Å²) in [6.45, 7) is 5.40. The summed E-state index contributed by atoms with van der Waals surface area (Å²) in [6, 6.07) is 2.63. The summed E-state index contributed by atoms with van der Waals surface area (Å²) in [6.07, 6.45) is 7.05. The number of imidazole rings is 1. The smallest absolute Gasteiger partial charge is 0.279 e. The quantitative estimate of drug-likeness (QED) is 0.428. The van der Waals surface area contributed by atoms with Crippen LogP contribution in [0.2, 0.25) is 0 Å². The van der Waals surface area contributed by atoms with Crippen LogP contribution in [0.4, 0.5) is 14.6 Å². The number of nitrogens with zero attached hydrogens (tertiary/aromatic N) is 4. The Morgan fingerprint density at radius 3 is 2.90 bits per heavy atom. The number of rotatable bonds is 8. The van der Waals surface area contributed by atoms with Gasteiger partial charge in [0.25, 0.3) is 6.43 Å². The number of allylic oxidation sites excluding steroid dienone is 1. The molecule has 0 aromatic carbocycles. The third-order valence-corrected chi connectivity index (χ3v) is 5.94. The Morgan fingerprint density at radius 1 is 1.37 bits per heavy atom. The van der Waals surface area contributed by atoms with Gasteiger partial charge in [-0.05, 0) is 51.0 Å². The van der Waals surface area contributed by atoms with Gasteiger partial charge in [0, 0.05) is 24.7 Å². The molecule has 3 atom stereocenters. The minimum atomic E-state index is -2.80. The Labute approximate surface area is 179 Å². The Morgan fingerprint density at radius 2 is 2.17 bits per heavy atom. The average Bonchev–Trinajstić information content (AvgIpc) is 3.21. The minimum absolute atomic E-state index is 0.330. The van der Waals surface area contributed by atoms with Crippen molar-refractivity contribution in [1.82, 2.24) is 24.7 Å². The normalized spacial score (nSPS) is 22.2. The minimum Gasteiger partial charge on any atom is -0.351 e. The lowest BCUT2D eigenvalue weighted by Crippen LogP contribution is -2.51. The van der Waals surface area contributed by atoms with Gasteiger partial charge in [-0.3, -0.25) is 10.1 Å². The van der Waals surface area contributed by atoms with E-state index in [1.54, 1.807) is 18.1 Å². The molecule has 0 spiro atoms. The molecule has 3 N–H and O–H groups in total. The highest BCUT2D eigenvalue weighted by atomic mass is 32.2. The zero-order valence-corrected chi connectivity index (χ0v) is 18.1. The number of halogens is 2. The maximum Gasteiger partial charge on any atom is 0.279 e. The van der Waals surface area contributed by atoms with Gasteiger partial charge in [-0.25, -0.2) is 23.7 Å². The van der Waals surface area contributed by atoms with Crippen molar-refractivity contribution in [3.05, 3.63) is 30.5 Å². The number of hydrogen-bond donors (Lipinski definition) is 3. The summed E-state index contributed by atoms with van der Waals surface area (Å²) in [7, 11) is 0. The molecule has 30 heavy (non-hydrogen) atoms. The van der Waals surface area contributed by atoms with Crippen LogP contribution in [0.5, 0.6) is 0 Å². The molecule has 3 unspecified atom stereocenters. The van der Waals surface area contributed by atoms with Crippen molar-refractivity contribution in [2.24, 2.45) is 5.92 Å². The van der Waals surface area contributed by atoms with E-state index >= 15 is 0 Å². The molecule has 2 aromatic heterocycles. The van der Waals surface area contributed by atoms with Gasteiger partial charge in [-0.15, -0.1) is 0 Å². The third kappa shape index (κ3) is 5.23. The number of hydrogen-bond acceptors (Lipinski definition) is 7. The van der Waals surface area contributed by atoms with Crippen LogP contribution >= 0.6 is 11.9 Å². The summed E-state index contributed by atoms with van der Waals surface area (Å²) in [5.74, 6) is 1.78. The van der Waals surface area contributed by atoms with Crippen LogP contribution in [-0.4, -0.2) is 57.0 Å². The van der Waals surface area contributed by atoms with Crippen molar-refractivity contribution < 1.29 is 8.78 Å². The van der Waals surface area contributed by atoms with Gasteiger partial charge in [-0.2, -0.15) is 0 Å². The molecule has 162 valence electrons. The van der Waals surface area contributed by atoms with E-state index in [4.69, 9.17) is 5.41 Å². The largest absolute Gasteiger partial charge is 0.351 e. The van der Waals surface area contributed by atoms with E-state index in [0.717, 1.165) is 24.9 Å². The van der Waals surface area contributed by atoms with Gasteiger partial charge in [0.05, 0.1) is 23.3 Å². The van der Waals surface area contributed by atoms with Crippen LogP contribution in [0.25, 0.3) is 17.5 Å². The summed E-state index contributed by atoms with van der Waals surface area (Å²) >= 11 is 1.64. The maximum absolute atomic E-state index is 12.4. The highest BCUT2D eigenvalue weighted by Crippen LogP contribution is 2.32. The third-order valence-electron chi connectivity index (χ3n) is 5.49. The van der Waals surface area contributed by atoms with Gasteiger partial charge >= 0.3 is 0 Å². The molecule has 3 rings (SSSR count). The molecule has 0 bridgehead atoms. The second kappa shape index (κ2) is 10.1. The molecule has 10 heteroatoms. The lowest BCUT2D eigenvalue weighted by molar-refractivity contribution is 0.226. The number of nitrogens with one attached hydrogen (secondary N) is 3. The maximum atomic E-state index is 12.4. The molecule has 0 aliphatic carbocycles. The molecule has 2 aromatic rings. The van der Waals surface area contributed by atoms with Crippen LogP contribution in [-0.2, 0) is 0 Å². The number of alkyl halides is 2. The zero-order chi connectivity index (χ0) is 21.7. The van der Waals surface area contributed by atoms with Crippen LogP contribution in [0.3, 0.4) is 0 Å². The Bertz CT molecular complexity index is 884. The summed E-state index contributed by atoms with van der Waals surface area (Å²) < 4.78 is 28.3. The van der Waals surface area contributed by atoms with E-state index in [-0.39, 0.29) is 0 Å². The predicted octanol–water partition coefficient (Wildman–Crippen LogP) is 4.03. The van der Waals surface area contributed by atoms with E-state index in [1.165, 1.54) is 18.8 Å². The Kier molecular flexibility index (Phi) is 7.54. The van der Waals surface area contributed by atoms with Crippen LogP contribution in [0, 0.1) is 11.3 Å². The second-order valence-electron chi connectivity index (χ2n) is 7.42. The van der Waals surface area contributed by atoms with Crippen LogP contribution in [0.1, 0.15) is 32.5 Å². The molecule has 0 amide bonds. The zero-order valence-electron chi connectivity index (χ0n) is 17.3. The molecule has 1 aliphatic heterocycles. The topological polar surface area (TPSA) is 93.6 Å². The molecule has 0 radical (unpaired) electrons. The van der Waals surface area contributed by atoms with E-state index < -0.39 is 12.1 Å². The van der Waals surface area contributed by atoms with Crippen molar-refractivity contribution in [3.8, 4) is 11.4 Å². The standard InChI is InChI=1S/C20H27F2N7S/c1-12-4-5-14(9-27-30-3)13(2)29(12)19-8-16(25-11-26-19)17-10-24-18(28-17)7-6-15(23)20(21)22/h6-8,10-14,20,23,27H,4-5,9H2,1-3H3,(H,24,28)/b7-6-,23-15?. The van der Waals surface area contributed by atoms with E-state index in [2.05, 4.69) is 43.4 Å². The van der Waals surface area contributed by atoms with Crippen molar-refractivity contribution in [3.63, 3.8) is 0 Å². The fourth-order valence-corrected chi connectivity index (χ4v) is 4.17. The number of H-pyrrole nitrogens is 1. The van der Waals surface area contributed by atoms with Crippen molar-refractivity contribution in [2.75, 3.05) is 17.7 Å². The molecule has 1 aliphatic rings.